The molecular formula is C12H23INS+. The van der Waals surface area contributed by atoms with Crippen molar-refractivity contribution in [2.75, 3.05) is 12.3 Å². The highest BCUT2D eigenvalue weighted by Crippen LogP contribution is 2.38. The number of halogens is 1. The first kappa shape index (κ1) is 13.8. The maximum absolute atomic E-state index is 2.59. The Morgan fingerprint density at radius 1 is 1.33 bits per heavy atom. The maximum atomic E-state index is 2.59. The molecule has 0 bridgehead atoms. The van der Waals surface area contributed by atoms with E-state index in [1.807, 2.05) is 0 Å². The second-order valence-electron chi connectivity index (χ2n) is 4.46. The van der Waals surface area contributed by atoms with Gasteiger partial charge in [-0.3, -0.25) is 0 Å². The van der Waals surface area contributed by atoms with E-state index in [4.69, 9.17) is 0 Å². The molecule has 1 heterocycles. The third kappa shape index (κ3) is 4.25. The van der Waals surface area contributed by atoms with Gasteiger partial charge in [0.15, 0.2) is 5.71 Å². The van der Waals surface area contributed by atoms with Crippen molar-refractivity contribution >= 4 is 40.1 Å². The highest BCUT2D eigenvalue weighted by Gasteiger charge is 2.40. The van der Waals surface area contributed by atoms with Gasteiger partial charge in [-0.2, -0.15) is 0 Å². The SMILES string of the molecule is CCCCCCC[N+]1=C(C)CSC1(C)I. The predicted molar refractivity (Wildman–Crippen MR) is 79.5 cm³/mol. The molecule has 1 atom stereocenters. The van der Waals surface area contributed by atoms with Crippen molar-refractivity contribution < 1.29 is 4.58 Å². The van der Waals surface area contributed by atoms with E-state index in [1.54, 1.807) is 5.71 Å². The second-order valence-corrected chi connectivity index (χ2v) is 8.66. The zero-order valence-electron chi connectivity index (χ0n) is 10.2. The molecule has 15 heavy (non-hydrogen) atoms. The normalized spacial score (nSPS) is 26.4. The third-order valence-corrected chi connectivity index (χ3v) is 5.80. The Bertz CT molecular complexity index is 236. The van der Waals surface area contributed by atoms with Crippen LogP contribution in [0.25, 0.3) is 0 Å². The maximum Gasteiger partial charge on any atom is 0.254 e. The fourth-order valence-corrected chi connectivity index (χ4v) is 4.15. The summed E-state index contributed by atoms with van der Waals surface area (Å²) in [4.78, 5) is 0. The van der Waals surface area contributed by atoms with Gasteiger partial charge in [0.1, 0.15) is 6.54 Å². The Balaban J connectivity index is 2.28. The highest BCUT2D eigenvalue weighted by molar-refractivity contribution is 14.1. The van der Waals surface area contributed by atoms with E-state index < -0.39 is 0 Å². The molecule has 0 aromatic rings. The summed E-state index contributed by atoms with van der Waals surface area (Å²) in [5.74, 6) is 1.22. The minimum atomic E-state index is 0.312. The standard InChI is InChI=1S/C12H23INS/c1-4-5-6-7-8-9-14-11(2)10-15-12(14,3)13/h4-10H2,1-3H3/q+1. The van der Waals surface area contributed by atoms with Crippen LogP contribution >= 0.6 is 34.4 Å². The molecule has 0 spiro atoms. The summed E-state index contributed by atoms with van der Waals surface area (Å²) in [5.41, 5.74) is 1.56. The molecule has 0 fully saturated rings. The van der Waals surface area contributed by atoms with Crippen LogP contribution in [-0.2, 0) is 0 Å². The minimum absolute atomic E-state index is 0.312. The topological polar surface area (TPSA) is 3.01 Å². The monoisotopic (exact) mass is 340 g/mol. The van der Waals surface area contributed by atoms with E-state index in [-0.39, 0.29) is 0 Å². The van der Waals surface area contributed by atoms with E-state index in [2.05, 4.69) is 59.7 Å². The lowest BCUT2D eigenvalue weighted by Crippen LogP contribution is -2.29. The molecule has 1 nitrogen and oxygen atoms in total. The lowest BCUT2D eigenvalue weighted by atomic mass is 10.1. The molecule has 1 unspecified atom stereocenters. The molecule has 88 valence electrons. The van der Waals surface area contributed by atoms with Crippen LogP contribution in [0.5, 0.6) is 0 Å². The van der Waals surface area contributed by atoms with Gasteiger partial charge in [-0.25, -0.2) is 4.58 Å². The summed E-state index contributed by atoms with van der Waals surface area (Å²) in [6, 6.07) is 0. The average molecular weight is 340 g/mol. The number of nitrogens with zero attached hydrogens (tertiary/aromatic N) is 1. The molecule has 0 N–H and O–H groups in total. The summed E-state index contributed by atoms with van der Waals surface area (Å²) in [6.45, 7) is 8.14. The van der Waals surface area contributed by atoms with Crippen LogP contribution in [0, 0.1) is 0 Å². The smallest absolute Gasteiger partial charge is 0.213 e. The molecule has 0 aliphatic carbocycles. The molecule has 1 aliphatic rings. The van der Waals surface area contributed by atoms with Crippen LogP contribution in [-0.4, -0.2) is 25.5 Å². The number of hydrogen-bond acceptors (Lipinski definition) is 1. The van der Waals surface area contributed by atoms with Crippen LogP contribution in [0.2, 0.25) is 0 Å². The zero-order chi connectivity index (χ0) is 11.3. The van der Waals surface area contributed by atoms with Gasteiger partial charge >= 0.3 is 0 Å². The summed E-state index contributed by atoms with van der Waals surface area (Å²) in [6.07, 6.45) is 6.91. The number of rotatable bonds is 6. The number of unbranched alkanes of at least 4 members (excludes halogenated alkanes) is 4. The third-order valence-electron chi connectivity index (χ3n) is 2.97. The van der Waals surface area contributed by atoms with Crippen LogP contribution in [0.4, 0.5) is 0 Å². The van der Waals surface area contributed by atoms with Crippen LogP contribution in [0.15, 0.2) is 0 Å². The van der Waals surface area contributed by atoms with E-state index in [0.717, 1.165) is 0 Å². The van der Waals surface area contributed by atoms with Gasteiger partial charge in [-0.1, -0.05) is 37.9 Å². The number of alkyl halides is 1. The van der Waals surface area contributed by atoms with Crippen LogP contribution in [0.3, 0.4) is 0 Å². The van der Waals surface area contributed by atoms with Crippen LogP contribution in [0.1, 0.15) is 52.9 Å². The lowest BCUT2D eigenvalue weighted by Gasteiger charge is -2.14. The summed E-state index contributed by atoms with van der Waals surface area (Å²) in [7, 11) is 0. The van der Waals surface area contributed by atoms with E-state index in [9.17, 15) is 0 Å². The van der Waals surface area contributed by atoms with Gasteiger partial charge in [-0.05, 0) is 6.42 Å². The van der Waals surface area contributed by atoms with Gasteiger partial charge in [0.2, 0.25) is 0 Å². The molecule has 0 saturated carbocycles. The van der Waals surface area contributed by atoms with E-state index >= 15 is 0 Å². The Morgan fingerprint density at radius 2 is 2.00 bits per heavy atom. The minimum Gasteiger partial charge on any atom is -0.213 e. The molecule has 3 heteroatoms. The Kier molecular flexibility index (Phi) is 5.96. The van der Waals surface area contributed by atoms with Crippen molar-refractivity contribution in [3.8, 4) is 0 Å². The quantitative estimate of drug-likeness (QED) is 0.229. The Morgan fingerprint density at radius 3 is 2.53 bits per heavy atom. The summed E-state index contributed by atoms with van der Waals surface area (Å²) < 4.78 is 2.90. The fraction of sp³-hybridized carbons (Fsp3) is 0.917. The zero-order valence-corrected chi connectivity index (χ0v) is 13.2. The first-order valence-electron chi connectivity index (χ1n) is 6.01. The molecule has 0 aromatic heterocycles. The van der Waals surface area contributed by atoms with E-state index in [0.29, 0.717) is 2.88 Å². The molecule has 1 rings (SSSR count). The molecule has 0 aromatic carbocycles. The molecule has 1 aliphatic heterocycles. The van der Waals surface area contributed by atoms with Crippen molar-refractivity contribution in [2.45, 2.75) is 55.8 Å². The van der Waals surface area contributed by atoms with Crippen molar-refractivity contribution in [1.29, 1.82) is 0 Å². The van der Waals surface area contributed by atoms with Gasteiger partial charge in [0.05, 0.1) is 5.75 Å². The number of hydrogen-bond donors (Lipinski definition) is 0. The lowest BCUT2D eigenvalue weighted by molar-refractivity contribution is -0.543. The van der Waals surface area contributed by atoms with Gasteiger partial charge in [0.25, 0.3) is 2.88 Å². The summed E-state index contributed by atoms with van der Waals surface area (Å²) >= 11 is 4.64. The Hall–Kier alpha value is 0.750. The van der Waals surface area contributed by atoms with E-state index in [1.165, 1.54) is 44.4 Å². The first-order chi connectivity index (χ1) is 7.08. The van der Waals surface area contributed by atoms with Crippen molar-refractivity contribution in [2.24, 2.45) is 0 Å². The average Bonchev–Trinajstić information content (AvgIpc) is 2.43. The van der Waals surface area contributed by atoms with Gasteiger partial charge < -0.3 is 0 Å². The second kappa shape index (κ2) is 6.48. The van der Waals surface area contributed by atoms with Crippen molar-refractivity contribution in [1.82, 2.24) is 0 Å². The fourth-order valence-electron chi connectivity index (χ4n) is 2.00. The number of thioether (sulfide) groups is 1. The molecular weight excluding hydrogens is 317 g/mol. The van der Waals surface area contributed by atoms with Crippen molar-refractivity contribution in [3.63, 3.8) is 0 Å². The van der Waals surface area contributed by atoms with Crippen molar-refractivity contribution in [3.05, 3.63) is 0 Å². The van der Waals surface area contributed by atoms with Gasteiger partial charge in [0, 0.05) is 42.9 Å². The molecule has 0 amide bonds. The Labute approximate surface area is 112 Å². The molecule has 0 saturated heterocycles. The highest BCUT2D eigenvalue weighted by atomic mass is 127. The predicted octanol–water partition coefficient (Wildman–Crippen LogP) is 4.29. The van der Waals surface area contributed by atoms with Crippen LogP contribution < -0.4 is 0 Å². The first-order valence-corrected chi connectivity index (χ1v) is 8.07. The van der Waals surface area contributed by atoms with Gasteiger partial charge in [-0.15, -0.1) is 0 Å². The largest absolute Gasteiger partial charge is 0.254 e. The molecule has 0 radical (unpaired) electrons. The summed E-state index contributed by atoms with van der Waals surface area (Å²) in [5, 5.41) is 0.